The molecule has 6 nitrogen and oxygen atoms in total. The zero-order valence-electron chi connectivity index (χ0n) is 16.2. The van der Waals surface area contributed by atoms with Crippen molar-refractivity contribution in [2.45, 2.75) is 4.90 Å². The van der Waals surface area contributed by atoms with Crippen molar-refractivity contribution in [2.24, 2.45) is 0 Å². The third-order valence-corrected chi connectivity index (χ3v) is 7.06. The molecular weight excluding hydrogens is 454 g/mol. The van der Waals surface area contributed by atoms with Gasteiger partial charge < -0.3 is 0 Å². The molecule has 0 amide bonds. The first kappa shape index (κ1) is 20.3. The minimum atomic E-state index is -4.34. The number of benzene rings is 2. The number of fused-ring (bicyclic) bond motifs is 1. The van der Waals surface area contributed by atoms with Gasteiger partial charge in [0.2, 0.25) is 0 Å². The number of hydrogen-bond acceptors (Lipinski definition) is 5. The summed E-state index contributed by atoms with van der Waals surface area (Å²) in [7, 11) is -4.34. The number of rotatable bonds is 5. The highest BCUT2D eigenvalue weighted by Gasteiger charge is 2.22. The Morgan fingerprint density at radius 2 is 1.78 bits per heavy atom. The Labute approximate surface area is 185 Å². The van der Waals surface area contributed by atoms with Crippen LogP contribution in [0, 0.1) is 11.6 Å². The fourth-order valence-corrected chi connectivity index (χ4v) is 5.38. The number of aromatic nitrogens is 3. The monoisotopic (exact) mass is 468 g/mol. The molecule has 0 atom stereocenters. The van der Waals surface area contributed by atoms with E-state index in [9.17, 15) is 17.2 Å². The summed E-state index contributed by atoms with van der Waals surface area (Å²) in [6.45, 7) is 0. The summed E-state index contributed by atoms with van der Waals surface area (Å²) in [5, 5.41) is 6.59. The second kappa shape index (κ2) is 7.81. The fourth-order valence-electron chi connectivity index (χ4n) is 3.39. The summed E-state index contributed by atoms with van der Waals surface area (Å²) >= 11 is 1.53. The van der Waals surface area contributed by atoms with Gasteiger partial charge in [0.05, 0.1) is 0 Å². The summed E-state index contributed by atoms with van der Waals surface area (Å²) < 4.78 is 57.0. The molecule has 0 unspecified atom stereocenters. The van der Waals surface area contributed by atoms with E-state index in [1.807, 2.05) is 23.7 Å². The van der Waals surface area contributed by atoms with Crippen LogP contribution in [-0.2, 0) is 10.0 Å². The van der Waals surface area contributed by atoms with E-state index in [0.29, 0.717) is 17.3 Å². The van der Waals surface area contributed by atoms with E-state index in [4.69, 9.17) is 0 Å². The van der Waals surface area contributed by atoms with Crippen molar-refractivity contribution in [1.29, 1.82) is 0 Å². The first-order chi connectivity index (χ1) is 15.4. The predicted molar refractivity (Wildman–Crippen MR) is 119 cm³/mol. The van der Waals surface area contributed by atoms with Crippen molar-refractivity contribution >= 4 is 31.9 Å². The SMILES string of the molecule is O=S(=O)(Nc1cccc(-c2nn3ccsc3c2-c2ccncc2)c1)c1cc(F)ccc1F. The molecule has 5 aromatic rings. The zero-order valence-corrected chi connectivity index (χ0v) is 17.9. The van der Waals surface area contributed by atoms with Gasteiger partial charge in [-0.1, -0.05) is 12.1 Å². The third-order valence-electron chi connectivity index (χ3n) is 4.79. The molecule has 3 heterocycles. The Kier molecular flexibility index (Phi) is 4.95. The van der Waals surface area contributed by atoms with Crippen LogP contribution in [0.25, 0.3) is 27.2 Å². The van der Waals surface area contributed by atoms with E-state index >= 15 is 0 Å². The lowest BCUT2D eigenvalue weighted by Gasteiger charge is -2.10. The Balaban J connectivity index is 1.58. The number of thiazole rings is 1. The van der Waals surface area contributed by atoms with Crippen molar-refractivity contribution in [2.75, 3.05) is 4.72 Å². The van der Waals surface area contributed by atoms with Crippen LogP contribution in [0.15, 0.2) is 83.5 Å². The highest BCUT2D eigenvalue weighted by molar-refractivity contribution is 7.92. The van der Waals surface area contributed by atoms with E-state index in [2.05, 4.69) is 14.8 Å². The lowest BCUT2D eigenvalue weighted by atomic mass is 10.0. The predicted octanol–water partition coefficient (Wildman–Crippen LogP) is 5.20. The minimum absolute atomic E-state index is 0.197. The molecule has 0 aliphatic heterocycles. The highest BCUT2D eigenvalue weighted by Crippen LogP contribution is 2.37. The van der Waals surface area contributed by atoms with Crippen LogP contribution >= 0.6 is 11.3 Å². The Bertz CT molecular complexity index is 1550. The highest BCUT2D eigenvalue weighted by atomic mass is 32.2. The average molecular weight is 469 g/mol. The fraction of sp³-hybridized carbons (Fsp3) is 0. The molecule has 32 heavy (non-hydrogen) atoms. The van der Waals surface area contributed by atoms with Gasteiger partial charge >= 0.3 is 0 Å². The Hall–Kier alpha value is -3.63. The number of pyridine rings is 1. The van der Waals surface area contributed by atoms with Gasteiger partial charge in [0.15, 0.2) is 0 Å². The van der Waals surface area contributed by atoms with E-state index < -0.39 is 26.6 Å². The maximum Gasteiger partial charge on any atom is 0.264 e. The second-order valence-electron chi connectivity index (χ2n) is 6.87. The summed E-state index contributed by atoms with van der Waals surface area (Å²) in [5.74, 6) is -1.88. The normalized spacial score (nSPS) is 11.7. The van der Waals surface area contributed by atoms with Crippen molar-refractivity contribution in [3.63, 3.8) is 0 Å². The third kappa shape index (κ3) is 3.63. The summed E-state index contributed by atoms with van der Waals surface area (Å²) in [4.78, 5) is 4.23. The molecular formula is C22H14F2N4O2S2. The van der Waals surface area contributed by atoms with Gasteiger partial charge in [-0.15, -0.1) is 11.3 Å². The smallest absolute Gasteiger partial charge is 0.264 e. The van der Waals surface area contributed by atoms with Gasteiger partial charge in [-0.3, -0.25) is 9.71 Å². The maximum absolute atomic E-state index is 14.0. The van der Waals surface area contributed by atoms with Crippen molar-refractivity contribution in [3.05, 3.63) is 90.2 Å². The quantitative estimate of drug-likeness (QED) is 0.385. The molecule has 1 N–H and O–H groups in total. The van der Waals surface area contributed by atoms with Gasteiger partial charge in [-0.2, -0.15) is 5.10 Å². The maximum atomic E-state index is 14.0. The van der Waals surface area contributed by atoms with Gasteiger partial charge in [-0.25, -0.2) is 21.7 Å². The first-order valence-electron chi connectivity index (χ1n) is 9.37. The van der Waals surface area contributed by atoms with Crippen LogP contribution in [-0.4, -0.2) is 23.0 Å². The summed E-state index contributed by atoms with van der Waals surface area (Å²) in [6, 6.07) is 12.6. The van der Waals surface area contributed by atoms with Crippen LogP contribution in [0.2, 0.25) is 0 Å². The van der Waals surface area contributed by atoms with Gasteiger partial charge in [-0.05, 0) is 48.0 Å². The standard InChI is InChI=1S/C22H14F2N4O2S2/c23-16-4-5-18(24)19(13-16)32(29,30)27-17-3-1-2-15(12-17)21-20(14-6-8-25-9-7-14)22-28(26-21)10-11-31-22/h1-13,27H. The first-order valence-corrected chi connectivity index (χ1v) is 11.7. The van der Waals surface area contributed by atoms with Crippen molar-refractivity contribution in [3.8, 4) is 22.4 Å². The zero-order chi connectivity index (χ0) is 22.3. The molecule has 0 saturated carbocycles. The van der Waals surface area contributed by atoms with E-state index in [-0.39, 0.29) is 5.69 Å². The topological polar surface area (TPSA) is 76.4 Å². The molecule has 0 spiro atoms. The Morgan fingerprint density at radius 1 is 0.969 bits per heavy atom. The largest absolute Gasteiger partial charge is 0.280 e. The van der Waals surface area contributed by atoms with E-state index in [1.165, 1.54) is 17.4 Å². The lowest BCUT2D eigenvalue weighted by molar-refractivity contribution is 0.555. The molecule has 2 aromatic carbocycles. The molecule has 0 radical (unpaired) electrons. The molecule has 3 aromatic heterocycles. The molecule has 0 aliphatic rings. The minimum Gasteiger partial charge on any atom is -0.280 e. The molecule has 5 rings (SSSR count). The number of nitrogens with one attached hydrogen (secondary N) is 1. The Morgan fingerprint density at radius 3 is 2.59 bits per heavy atom. The van der Waals surface area contributed by atoms with Crippen LogP contribution in [0.5, 0.6) is 0 Å². The molecule has 0 aliphatic carbocycles. The van der Waals surface area contributed by atoms with Crippen LogP contribution in [0.1, 0.15) is 0 Å². The average Bonchev–Trinajstić information content (AvgIpc) is 3.37. The molecule has 160 valence electrons. The second-order valence-corrected chi connectivity index (χ2v) is 9.42. The molecule has 0 saturated heterocycles. The van der Waals surface area contributed by atoms with E-state index in [1.54, 1.807) is 35.1 Å². The van der Waals surface area contributed by atoms with Gasteiger partial charge in [0.25, 0.3) is 10.0 Å². The molecule has 10 heteroatoms. The van der Waals surface area contributed by atoms with Gasteiger partial charge in [0, 0.05) is 40.8 Å². The number of sulfonamides is 1. The van der Waals surface area contributed by atoms with Crippen LogP contribution < -0.4 is 4.72 Å². The lowest BCUT2D eigenvalue weighted by Crippen LogP contribution is -2.15. The van der Waals surface area contributed by atoms with Crippen LogP contribution in [0.4, 0.5) is 14.5 Å². The molecule has 0 fully saturated rings. The summed E-state index contributed by atoms with van der Waals surface area (Å²) in [6.07, 6.45) is 5.22. The van der Waals surface area contributed by atoms with Crippen molar-refractivity contribution in [1.82, 2.24) is 14.6 Å². The van der Waals surface area contributed by atoms with E-state index in [0.717, 1.165) is 28.1 Å². The number of nitrogens with zero attached hydrogens (tertiary/aromatic N) is 3. The summed E-state index contributed by atoms with van der Waals surface area (Å²) in [5.41, 5.74) is 3.32. The van der Waals surface area contributed by atoms with Crippen LogP contribution in [0.3, 0.4) is 0 Å². The molecule has 0 bridgehead atoms. The van der Waals surface area contributed by atoms with Crippen molar-refractivity contribution < 1.29 is 17.2 Å². The number of anilines is 1. The number of halogens is 2. The number of hydrogen-bond donors (Lipinski definition) is 1. The van der Waals surface area contributed by atoms with Gasteiger partial charge in [0.1, 0.15) is 27.1 Å².